The zero-order chi connectivity index (χ0) is 39.7. The highest BCUT2D eigenvalue weighted by Gasteiger charge is 2.35. The Morgan fingerprint density at radius 1 is 0.868 bits per heavy atom. The van der Waals surface area contributed by atoms with E-state index in [4.69, 9.17) is 20.3 Å². The molecule has 0 radical (unpaired) electrons. The van der Waals surface area contributed by atoms with E-state index in [2.05, 4.69) is 39.9 Å². The molecule has 1 heterocycles. The van der Waals surface area contributed by atoms with Crippen LogP contribution in [0.5, 0.6) is 11.5 Å². The maximum absolute atomic E-state index is 13.6. The van der Waals surface area contributed by atoms with Crippen molar-refractivity contribution < 1.29 is 38.9 Å². The van der Waals surface area contributed by atoms with Gasteiger partial charge in [-0.2, -0.15) is 0 Å². The number of thioether (sulfide) groups is 1. The third-order valence-electron chi connectivity index (χ3n) is 10.9. The van der Waals surface area contributed by atoms with Crippen LogP contribution in [0.15, 0.2) is 0 Å². The fraction of sp³-hybridized carbons (Fsp3) is 0.762. The molecule has 0 spiro atoms. The number of rotatable bonds is 26. The molecule has 10 nitrogen and oxygen atoms in total. The molecule has 11 heteroatoms. The minimum atomic E-state index is -1.20. The molecule has 5 N–H and O–H groups in total. The maximum Gasteiger partial charge on any atom is 0.324 e. The van der Waals surface area contributed by atoms with Crippen molar-refractivity contribution in [2.24, 2.45) is 23.5 Å². The van der Waals surface area contributed by atoms with E-state index >= 15 is 0 Å². The number of ether oxygens (including phenoxy) is 2. The predicted molar refractivity (Wildman–Crippen MR) is 214 cm³/mol. The van der Waals surface area contributed by atoms with Crippen LogP contribution < -0.4 is 20.5 Å². The number of benzene rings is 1. The fourth-order valence-corrected chi connectivity index (χ4v) is 8.16. The number of carbonyl (C=O) groups is 4. The summed E-state index contributed by atoms with van der Waals surface area (Å²) >= 11 is 0.996. The van der Waals surface area contributed by atoms with Crippen molar-refractivity contribution >= 4 is 35.6 Å². The Bertz CT molecular complexity index is 1350. The lowest BCUT2D eigenvalue weighted by atomic mass is 9.83. The molecule has 1 amide bonds. The lowest BCUT2D eigenvalue weighted by Gasteiger charge is -2.38. The van der Waals surface area contributed by atoms with Crippen LogP contribution >= 0.6 is 11.8 Å². The van der Waals surface area contributed by atoms with Gasteiger partial charge >= 0.3 is 17.9 Å². The number of unbranched alkanes of at least 4 members (excludes halogenated alkanes) is 2. The molecule has 0 aliphatic carbocycles. The quantitative estimate of drug-likeness (QED) is 0.0408. The molecule has 0 fully saturated rings. The third kappa shape index (κ3) is 16.6. The second-order valence-corrected chi connectivity index (χ2v) is 17.6. The molecule has 302 valence electrons. The average molecular weight is 763 g/mol. The number of aliphatic carboxylic acids is 2. The van der Waals surface area contributed by atoms with E-state index < -0.39 is 29.2 Å². The monoisotopic (exact) mass is 762 g/mol. The normalized spacial score (nSPS) is 17.7. The van der Waals surface area contributed by atoms with Crippen LogP contribution in [0, 0.1) is 38.5 Å². The van der Waals surface area contributed by atoms with E-state index in [1.165, 1.54) is 44.9 Å². The summed E-state index contributed by atoms with van der Waals surface area (Å²) in [6.07, 6.45) is 14.5. The molecule has 1 aromatic rings. The first-order valence-electron chi connectivity index (χ1n) is 20.1. The Morgan fingerprint density at radius 2 is 1.49 bits per heavy atom. The number of fused-ring (bicyclic) bond motifs is 1. The van der Waals surface area contributed by atoms with Gasteiger partial charge in [-0.15, -0.1) is 11.8 Å². The van der Waals surface area contributed by atoms with Gasteiger partial charge in [0.15, 0.2) is 0 Å². The van der Waals surface area contributed by atoms with Gasteiger partial charge in [0.05, 0.1) is 0 Å². The number of carbonyl (C=O) groups excluding carboxylic acids is 2. The highest BCUT2D eigenvalue weighted by Crippen LogP contribution is 2.45. The van der Waals surface area contributed by atoms with E-state index in [-0.39, 0.29) is 30.1 Å². The third-order valence-corrected chi connectivity index (χ3v) is 12.2. The van der Waals surface area contributed by atoms with E-state index in [9.17, 15) is 24.3 Å². The highest BCUT2D eigenvalue weighted by atomic mass is 32.2. The number of carboxylic acid groups (broad SMARTS) is 2. The van der Waals surface area contributed by atoms with Crippen LogP contribution in [0.2, 0.25) is 0 Å². The van der Waals surface area contributed by atoms with Crippen molar-refractivity contribution in [2.75, 3.05) is 12.3 Å². The number of hydrogen-bond donors (Lipinski definition) is 4. The molecule has 5 atom stereocenters. The van der Waals surface area contributed by atoms with Crippen molar-refractivity contribution in [3.63, 3.8) is 0 Å². The Labute approximate surface area is 323 Å². The molecule has 5 unspecified atom stereocenters. The molecule has 0 bridgehead atoms. The molecule has 1 aliphatic rings. The first kappa shape index (κ1) is 46.4. The average Bonchev–Trinajstić information content (AvgIpc) is 3.08. The number of hydrogen-bond acceptors (Lipinski definition) is 8. The lowest BCUT2D eigenvalue weighted by Crippen LogP contribution is -2.38. The topological polar surface area (TPSA) is 165 Å². The summed E-state index contributed by atoms with van der Waals surface area (Å²) in [5.41, 5.74) is 9.04. The van der Waals surface area contributed by atoms with Crippen LogP contribution in [-0.2, 0) is 25.6 Å². The molecule has 1 aromatic carbocycles. The lowest BCUT2D eigenvalue weighted by molar-refractivity contribution is -0.138. The number of nitrogens with two attached hydrogens (primary N) is 1. The number of esters is 1. The van der Waals surface area contributed by atoms with Crippen molar-refractivity contribution in [3.8, 4) is 11.5 Å². The number of amides is 1. The summed E-state index contributed by atoms with van der Waals surface area (Å²) in [5, 5.41) is 19.9. The predicted octanol–water partition coefficient (Wildman–Crippen LogP) is 8.71. The molecular weight excluding hydrogens is 693 g/mol. The minimum absolute atomic E-state index is 0.0677. The summed E-state index contributed by atoms with van der Waals surface area (Å²) in [7, 11) is 0. The molecule has 1 aliphatic heterocycles. The van der Waals surface area contributed by atoms with Gasteiger partial charge in [-0.05, 0) is 101 Å². The van der Waals surface area contributed by atoms with E-state index in [0.29, 0.717) is 37.5 Å². The van der Waals surface area contributed by atoms with Gasteiger partial charge in [0, 0.05) is 30.7 Å². The van der Waals surface area contributed by atoms with Crippen molar-refractivity contribution in [1.82, 2.24) is 5.32 Å². The van der Waals surface area contributed by atoms with E-state index in [0.717, 1.165) is 77.3 Å². The molecule has 2 rings (SSSR count). The van der Waals surface area contributed by atoms with Crippen molar-refractivity contribution in [2.45, 2.75) is 175 Å². The Morgan fingerprint density at radius 3 is 2.09 bits per heavy atom. The Kier molecular flexibility index (Phi) is 20.3. The van der Waals surface area contributed by atoms with Crippen LogP contribution in [0.25, 0.3) is 0 Å². The van der Waals surface area contributed by atoms with Gasteiger partial charge in [0.1, 0.15) is 28.4 Å². The highest BCUT2D eigenvalue weighted by molar-refractivity contribution is 8.00. The SMILES string of the molecule is Cc1c(C)c2c(c(C)c1OC(=O)C(CC(=O)NCCCCCC(=O)O)SCC(N)C(=O)O)CCC(C)(CCCC(C)CCCC(C)CCCC(C)C)O2. The standard InChI is InChI=1S/C42H70N2O8S/c1-27(2)15-12-16-28(3)17-13-18-29(4)19-14-22-42(8)23-21-33-32(7)38(30(5)31(6)39(33)52-42)51-41(50)35(53-26-34(43)40(48)49)25-36(45)44-24-11-9-10-20-37(46)47/h27-29,34-35H,9-26,43H2,1-8H3,(H,44,45)(H,46,47)(H,48,49). The van der Waals surface area contributed by atoms with Gasteiger partial charge in [-0.1, -0.05) is 79.1 Å². The second kappa shape index (κ2) is 23.2. The molecule has 53 heavy (non-hydrogen) atoms. The van der Waals surface area contributed by atoms with Crippen LogP contribution in [0.3, 0.4) is 0 Å². The fourth-order valence-electron chi connectivity index (χ4n) is 7.13. The van der Waals surface area contributed by atoms with E-state index in [1.807, 2.05) is 20.8 Å². The minimum Gasteiger partial charge on any atom is -0.487 e. The summed E-state index contributed by atoms with van der Waals surface area (Å²) in [5.74, 6) is 0.501. The summed E-state index contributed by atoms with van der Waals surface area (Å²) < 4.78 is 12.8. The van der Waals surface area contributed by atoms with Gasteiger partial charge in [0.2, 0.25) is 5.91 Å². The van der Waals surface area contributed by atoms with Gasteiger partial charge in [0.25, 0.3) is 0 Å². The molecule has 0 saturated carbocycles. The summed E-state index contributed by atoms with van der Waals surface area (Å²) in [6, 6.07) is -1.20. The Balaban J connectivity index is 2.02. The number of carboxylic acids is 2. The van der Waals surface area contributed by atoms with Gasteiger partial charge < -0.3 is 30.7 Å². The zero-order valence-electron chi connectivity index (χ0n) is 33.9. The zero-order valence-corrected chi connectivity index (χ0v) is 34.8. The molecule has 0 saturated heterocycles. The van der Waals surface area contributed by atoms with Crippen LogP contribution in [-0.4, -0.2) is 63.2 Å². The Hall–Kier alpha value is -2.79. The van der Waals surface area contributed by atoms with Crippen molar-refractivity contribution in [3.05, 3.63) is 22.3 Å². The largest absolute Gasteiger partial charge is 0.487 e. The number of nitrogens with one attached hydrogen (secondary N) is 1. The smallest absolute Gasteiger partial charge is 0.324 e. The van der Waals surface area contributed by atoms with Gasteiger partial charge in [-0.3, -0.25) is 19.2 Å². The first-order valence-corrected chi connectivity index (χ1v) is 21.1. The first-order chi connectivity index (χ1) is 24.9. The summed E-state index contributed by atoms with van der Waals surface area (Å²) in [6.45, 7) is 17.8. The maximum atomic E-state index is 13.6. The summed E-state index contributed by atoms with van der Waals surface area (Å²) in [4.78, 5) is 48.5. The van der Waals surface area contributed by atoms with Crippen LogP contribution in [0.4, 0.5) is 0 Å². The van der Waals surface area contributed by atoms with E-state index in [1.54, 1.807) is 0 Å². The van der Waals surface area contributed by atoms with Crippen LogP contribution in [0.1, 0.15) is 153 Å². The van der Waals surface area contributed by atoms with Crippen molar-refractivity contribution in [1.29, 1.82) is 0 Å². The van der Waals surface area contributed by atoms with Gasteiger partial charge in [-0.25, -0.2) is 0 Å². The molecular formula is C42H70N2O8S. The molecule has 0 aromatic heterocycles. The second-order valence-electron chi connectivity index (χ2n) is 16.4.